The van der Waals surface area contributed by atoms with E-state index in [0.29, 0.717) is 16.4 Å². The van der Waals surface area contributed by atoms with Gasteiger partial charge in [0.1, 0.15) is 18.0 Å². The number of anilines is 2. The van der Waals surface area contributed by atoms with E-state index in [4.69, 9.17) is 9.94 Å². The second-order valence-corrected chi connectivity index (χ2v) is 6.17. The second-order valence-electron chi connectivity index (χ2n) is 5.25. The lowest BCUT2D eigenvalue weighted by Gasteiger charge is -2.14. The van der Waals surface area contributed by atoms with Crippen molar-refractivity contribution in [3.8, 4) is 0 Å². The van der Waals surface area contributed by atoms with Crippen LogP contribution in [0.3, 0.4) is 0 Å². The van der Waals surface area contributed by atoms with Gasteiger partial charge in [0.25, 0.3) is 5.91 Å². The number of aliphatic hydroxyl groups is 1. The van der Waals surface area contributed by atoms with E-state index in [1.54, 1.807) is 16.7 Å². The third-order valence-corrected chi connectivity index (χ3v) is 3.92. The van der Waals surface area contributed by atoms with Gasteiger partial charge >= 0.3 is 0 Å². The van der Waals surface area contributed by atoms with E-state index >= 15 is 0 Å². The lowest BCUT2D eigenvalue weighted by atomic mass is 10.3. The summed E-state index contributed by atoms with van der Waals surface area (Å²) in [4.78, 5) is 25.5. The molecule has 2 aromatic heterocycles. The summed E-state index contributed by atoms with van der Waals surface area (Å²) in [5.41, 5.74) is 3.05. The van der Waals surface area contributed by atoms with Gasteiger partial charge in [-0.2, -0.15) is 0 Å². The maximum Gasteiger partial charge on any atom is 0.297 e. The standard InChI is InChI=1S/C16H15BrFN5O3/c17-10-2-3-13(12(18)6-10)21-15-14(16(25)22-26-5-1-4-24)20-8-11-7-19-9-23(11)15/h2-3,6-9,21,24H,1,4-5H2,(H,22,25). The minimum Gasteiger partial charge on any atom is -0.396 e. The minimum absolute atomic E-state index is 0.00168. The Labute approximate surface area is 156 Å². The Morgan fingerprint density at radius 3 is 3.00 bits per heavy atom. The lowest BCUT2D eigenvalue weighted by Crippen LogP contribution is -2.27. The predicted octanol–water partition coefficient (Wildman–Crippen LogP) is 2.42. The van der Waals surface area contributed by atoms with Crippen molar-refractivity contribution in [2.45, 2.75) is 6.42 Å². The second kappa shape index (κ2) is 8.21. The fourth-order valence-electron chi connectivity index (χ4n) is 2.20. The van der Waals surface area contributed by atoms with E-state index in [1.807, 2.05) is 0 Å². The number of carbonyl (C=O) groups is 1. The van der Waals surface area contributed by atoms with Crippen molar-refractivity contribution >= 4 is 38.9 Å². The van der Waals surface area contributed by atoms with Gasteiger partial charge in [-0.15, -0.1) is 0 Å². The SMILES string of the molecule is O=C(NOCCCO)c1ncc2cncn2c1Nc1ccc(Br)cc1F. The molecule has 0 bridgehead atoms. The molecule has 3 aromatic rings. The molecule has 0 unspecified atom stereocenters. The summed E-state index contributed by atoms with van der Waals surface area (Å²) >= 11 is 3.20. The van der Waals surface area contributed by atoms with Crippen molar-refractivity contribution in [2.24, 2.45) is 0 Å². The van der Waals surface area contributed by atoms with E-state index in [1.165, 1.54) is 24.7 Å². The maximum absolute atomic E-state index is 14.2. The first-order valence-electron chi connectivity index (χ1n) is 7.66. The molecule has 0 radical (unpaired) electrons. The number of amides is 1. The van der Waals surface area contributed by atoms with Gasteiger partial charge in [-0.05, 0) is 24.6 Å². The van der Waals surface area contributed by atoms with Gasteiger partial charge in [0.05, 0.1) is 30.2 Å². The minimum atomic E-state index is -0.612. The molecule has 8 nitrogen and oxygen atoms in total. The highest BCUT2D eigenvalue weighted by molar-refractivity contribution is 9.10. The van der Waals surface area contributed by atoms with Crippen molar-refractivity contribution < 1.29 is 19.1 Å². The number of imidazole rings is 1. The van der Waals surface area contributed by atoms with Crippen LogP contribution in [0.1, 0.15) is 16.9 Å². The number of hydroxylamine groups is 1. The average Bonchev–Trinajstić information content (AvgIpc) is 3.10. The van der Waals surface area contributed by atoms with Gasteiger partial charge in [-0.1, -0.05) is 15.9 Å². The zero-order valence-corrected chi connectivity index (χ0v) is 15.0. The van der Waals surface area contributed by atoms with Crippen LogP contribution >= 0.6 is 15.9 Å². The molecular weight excluding hydrogens is 409 g/mol. The molecule has 0 atom stereocenters. The highest BCUT2D eigenvalue weighted by Crippen LogP contribution is 2.25. The highest BCUT2D eigenvalue weighted by Gasteiger charge is 2.18. The maximum atomic E-state index is 14.2. The molecule has 136 valence electrons. The predicted molar refractivity (Wildman–Crippen MR) is 95.5 cm³/mol. The number of nitrogens with zero attached hydrogens (tertiary/aromatic N) is 3. The summed E-state index contributed by atoms with van der Waals surface area (Å²) in [5, 5.41) is 11.6. The molecule has 0 saturated carbocycles. The average molecular weight is 424 g/mol. The molecule has 3 rings (SSSR count). The summed E-state index contributed by atoms with van der Waals surface area (Å²) in [7, 11) is 0. The van der Waals surface area contributed by atoms with E-state index in [9.17, 15) is 9.18 Å². The van der Waals surface area contributed by atoms with E-state index in [-0.39, 0.29) is 30.4 Å². The molecule has 0 aliphatic rings. The van der Waals surface area contributed by atoms with Crippen LogP contribution in [-0.2, 0) is 4.84 Å². The molecule has 26 heavy (non-hydrogen) atoms. The first kappa shape index (κ1) is 18.2. The topological polar surface area (TPSA) is 101 Å². The molecule has 0 aliphatic heterocycles. The van der Waals surface area contributed by atoms with Crippen molar-refractivity contribution in [2.75, 3.05) is 18.5 Å². The summed E-state index contributed by atoms with van der Waals surface area (Å²) in [5.74, 6) is -0.870. The Morgan fingerprint density at radius 1 is 1.38 bits per heavy atom. The fraction of sp³-hybridized carbons (Fsp3) is 0.188. The zero-order chi connectivity index (χ0) is 18.5. The highest BCUT2D eigenvalue weighted by atomic mass is 79.9. The Morgan fingerprint density at radius 2 is 2.23 bits per heavy atom. The number of aliphatic hydroxyl groups excluding tert-OH is 1. The third kappa shape index (κ3) is 3.98. The smallest absolute Gasteiger partial charge is 0.297 e. The molecule has 0 aliphatic carbocycles. The van der Waals surface area contributed by atoms with Crippen molar-refractivity contribution in [3.05, 3.63) is 52.9 Å². The Balaban J connectivity index is 1.93. The number of rotatable bonds is 7. The Bertz CT molecular complexity index is 933. The van der Waals surface area contributed by atoms with E-state index in [0.717, 1.165) is 0 Å². The van der Waals surface area contributed by atoms with Crippen LogP contribution in [0.2, 0.25) is 0 Å². The molecule has 1 amide bonds. The van der Waals surface area contributed by atoms with Crippen LogP contribution in [0, 0.1) is 5.82 Å². The number of hydrogen-bond acceptors (Lipinski definition) is 6. The Kier molecular flexibility index (Phi) is 5.76. The van der Waals surface area contributed by atoms with Crippen LogP contribution in [0.15, 0.2) is 41.4 Å². The van der Waals surface area contributed by atoms with Crippen LogP contribution in [0.5, 0.6) is 0 Å². The Hall–Kier alpha value is -2.56. The number of halogens is 2. The quantitative estimate of drug-likeness (QED) is 0.398. The number of carbonyl (C=O) groups excluding carboxylic acids is 1. The zero-order valence-electron chi connectivity index (χ0n) is 13.4. The summed E-state index contributed by atoms with van der Waals surface area (Å²) in [6, 6.07) is 4.51. The summed E-state index contributed by atoms with van der Waals surface area (Å²) in [6.07, 6.45) is 4.90. The fourth-order valence-corrected chi connectivity index (χ4v) is 2.53. The molecular formula is C16H15BrFN5O3. The monoisotopic (exact) mass is 423 g/mol. The van der Waals surface area contributed by atoms with E-state index < -0.39 is 11.7 Å². The first-order valence-corrected chi connectivity index (χ1v) is 8.45. The number of hydrogen-bond donors (Lipinski definition) is 3. The van der Waals surface area contributed by atoms with Crippen LogP contribution < -0.4 is 10.8 Å². The molecule has 1 aromatic carbocycles. The van der Waals surface area contributed by atoms with Crippen molar-refractivity contribution in [1.82, 2.24) is 19.8 Å². The normalized spacial score (nSPS) is 10.9. The van der Waals surface area contributed by atoms with Crippen LogP contribution in [-0.4, -0.2) is 38.6 Å². The molecule has 2 heterocycles. The number of benzene rings is 1. The largest absolute Gasteiger partial charge is 0.396 e. The number of nitrogens with one attached hydrogen (secondary N) is 2. The first-order chi connectivity index (χ1) is 12.6. The van der Waals surface area contributed by atoms with Crippen molar-refractivity contribution in [1.29, 1.82) is 0 Å². The number of fused-ring (bicyclic) bond motifs is 1. The van der Waals surface area contributed by atoms with E-state index in [2.05, 4.69) is 36.7 Å². The molecule has 0 fully saturated rings. The summed E-state index contributed by atoms with van der Waals surface area (Å²) < 4.78 is 16.4. The van der Waals surface area contributed by atoms with Gasteiger partial charge in [0.15, 0.2) is 5.69 Å². The molecule has 0 spiro atoms. The van der Waals surface area contributed by atoms with Gasteiger partial charge in [-0.3, -0.25) is 14.0 Å². The van der Waals surface area contributed by atoms with Gasteiger partial charge < -0.3 is 10.4 Å². The van der Waals surface area contributed by atoms with Gasteiger partial charge in [-0.25, -0.2) is 19.8 Å². The third-order valence-electron chi connectivity index (χ3n) is 3.43. The molecule has 3 N–H and O–H groups in total. The molecule has 10 heteroatoms. The van der Waals surface area contributed by atoms with Crippen LogP contribution in [0.25, 0.3) is 5.52 Å². The lowest BCUT2D eigenvalue weighted by molar-refractivity contribution is 0.0258. The van der Waals surface area contributed by atoms with Gasteiger partial charge in [0.2, 0.25) is 0 Å². The van der Waals surface area contributed by atoms with Crippen LogP contribution in [0.4, 0.5) is 15.9 Å². The van der Waals surface area contributed by atoms with Gasteiger partial charge in [0, 0.05) is 11.1 Å². The van der Waals surface area contributed by atoms with Crippen molar-refractivity contribution in [3.63, 3.8) is 0 Å². The summed E-state index contributed by atoms with van der Waals surface area (Å²) in [6.45, 7) is 0.102. The molecule has 0 saturated heterocycles. The number of aromatic nitrogens is 3.